The number of benzene rings is 1. The van der Waals surface area contributed by atoms with Crippen LogP contribution in [-0.2, 0) is 16.1 Å². The van der Waals surface area contributed by atoms with E-state index in [1.165, 1.54) is 10.7 Å². The van der Waals surface area contributed by atoms with Crippen molar-refractivity contribution in [3.8, 4) is 0 Å². The number of Topliss-reactive ketones (excluding diaryl/α,β-unsaturated/α-hetero) is 1. The predicted molar refractivity (Wildman–Crippen MR) is 119 cm³/mol. The molecule has 0 amide bonds. The van der Waals surface area contributed by atoms with Crippen molar-refractivity contribution in [2.75, 3.05) is 13.1 Å². The van der Waals surface area contributed by atoms with Gasteiger partial charge < -0.3 is 5.11 Å². The minimum atomic E-state index is -0.999. The largest absolute Gasteiger partial charge is 0.480 e. The average Bonchev–Trinajstić information content (AvgIpc) is 3.47. The lowest BCUT2D eigenvalue weighted by molar-refractivity contribution is -0.138. The Morgan fingerprint density at radius 2 is 2.03 bits per heavy atom. The van der Waals surface area contributed by atoms with E-state index >= 15 is 0 Å². The Hall–Kier alpha value is -2.23. The second-order valence-electron chi connectivity index (χ2n) is 7.83. The third-order valence-electron chi connectivity index (χ3n) is 5.50. The zero-order valence-electron chi connectivity index (χ0n) is 16.7. The van der Waals surface area contributed by atoms with E-state index < -0.39 is 12.0 Å². The van der Waals surface area contributed by atoms with Gasteiger partial charge in [0.1, 0.15) is 18.1 Å². The van der Waals surface area contributed by atoms with Crippen LogP contribution in [-0.4, -0.2) is 55.1 Å². The maximum atomic E-state index is 14.6. The lowest BCUT2D eigenvalue weighted by Crippen LogP contribution is -2.42. The van der Waals surface area contributed by atoms with Gasteiger partial charge >= 0.3 is 5.97 Å². The number of ketones is 1. The molecular formula is C21H24ClFN4O3S. The van der Waals surface area contributed by atoms with Crippen LogP contribution in [0.25, 0.3) is 6.08 Å². The van der Waals surface area contributed by atoms with Crippen molar-refractivity contribution in [2.45, 2.75) is 37.1 Å². The van der Waals surface area contributed by atoms with Crippen LogP contribution in [0.2, 0.25) is 0 Å². The molecule has 1 aliphatic carbocycles. The van der Waals surface area contributed by atoms with Crippen molar-refractivity contribution in [3.63, 3.8) is 0 Å². The van der Waals surface area contributed by atoms with Crippen molar-refractivity contribution in [2.24, 2.45) is 5.92 Å². The molecule has 2 atom stereocenters. The zero-order valence-corrected chi connectivity index (χ0v) is 18.4. The van der Waals surface area contributed by atoms with Crippen molar-refractivity contribution >= 4 is 42.9 Å². The van der Waals surface area contributed by atoms with Crippen molar-refractivity contribution in [1.82, 2.24) is 19.9 Å². The Kier molecular flexibility index (Phi) is 7.51. The molecule has 7 nitrogen and oxygen atoms in total. The fraction of sp³-hybridized carbons (Fsp3) is 0.429. The van der Waals surface area contributed by atoms with Crippen LogP contribution in [0.15, 0.2) is 36.0 Å². The highest BCUT2D eigenvalue weighted by Crippen LogP contribution is 2.39. The highest BCUT2D eigenvalue weighted by Gasteiger charge is 2.40. The van der Waals surface area contributed by atoms with Gasteiger partial charge in [0.25, 0.3) is 0 Å². The molecular weight excluding hydrogens is 443 g/mol. The maximum absolute atomic E-state index is 14.6. The molecule has 2 unspecified atom stereocenters. The van der Waals surface area contributed by atoms with Crippen LogP contribution in [0.4, 0.5) is 4.39 Å². The number of piperidine rings is 1. The predicted octanol–water partition coefficient (Wildman–Crippen LogP) is 3.03. The molecule has 31 heavy (non-hydrogen) atoms. The number of carboxylic acid groups (broad SMARTS) is 1. The Balaban J connectivity index is 0.00000272. The summed E-state index contributed by atoms with van der Waals surface area (Å²) < 4.78 is 15.8. The number of carbonyl (C=O) groups is 2. The second-order valence-corrected chi connectivity index (χ2v) is 8.45. The molecule has 2 aromatic rings. The summed E-state index contributed by atoms with van der Waals surface area (Å²) >= 11 is 4.67. The SMILES string of the molecule is Cl.O=C(O)Cn1cc(/C=C2/CN(C(C(=O)C3CC3)c3ccccc3F)CCC2S)nn1. The van der Waals surface area contributed by atoms with Gasteiger partial charge in [-0.3, -0.25) is 14.5 Å². The molecule has 1 saturated heterocycles. The third-order valence-corrected chi connectivity index (χ3v) is 6.09. The topological polar surface area (TPSA) is 88.3 Å². The van der Waals surface area contributed by atoms with E-state index in [1.807, 2.05) is 11.0 Å². The number of halogens is 2. The number of rotatable bonds is 7. The molecule has 2 fully saturated rings. The van der Waals surface area contributed by atoms with Gasteiger partial charge in [0.05, 0.1) is 12.2 Å². The summed E-state index contributed by atoms with van der Waals surface area (Å²) in [6, 6.07) is 5.85. The van der Waals surface area contributed by atoms with E-state index in [4.69, 9.17) is 5.11 Å². The lowest BCUT2D eigenvalue weighted by atomic mass is 9.93. The van der Waals surface area contributed by atoms with Gasteiger partial charge in [-0.25, -0.2) is 9.07 Å². The molecule has 1 aliphatic heterocycles. The monoisotopic (exact) mass is 466 g/mol. The van der Waals surface area contributed by atoms with Crippen LogP contribution in [0.1, 0.15) is 36.6 Å². The molecule has 4 rings (SSSR count). The number of likely N-dealkylation sites (tertiary alicyclic amines) is 1. The van der Waals surface area contributed by atoms with E-state index in [-0.39, 0.29) is 41.7 Å². The number of carboxylic acids is 1. The van der Waals surface area contributed by atoms with E-state index in [0.29, 0.717) is 30.8 Å². The Morgan fingerprint density at radius 1 is 1.29 bits per heavy atom. The number of hydrogen-bond acceptors (Lipinski definition) is 6. The standard InChI is InChI=1S/C21H23FN4O3S.ClH/c22-17-4-2-1-3-16(17)20(21(29)13-5-6-13)25-8-7-18(30)14(10-25)9-15-11-26(24-23-15)12-19(27)28;/h1-4,9,11,13,18,20,30H,5-8,10,12H2,(H,27,28);1H/b14-9-;. The molecule has 0 radical (unpaired) electrons. The molecule has 2 aliphatic rings. The van der Waals surface area contributed by atoms with Crippen LogP contribution >= 0.6 is 25.0 Å². The van der Waals surface area contributed by atoms with Gasteiger partial charge in [-0.1, -0.05) is 23.4 Å². The molecule has 10 heteroatoms. The van der Waals surface area contributed by atoms with Crippen LogP contribution < -0.4 is 0 Å². The minimum absolute atomic E-state index is 0. The van der Waals surface area contributed by atoms with Gasteiger partial charge in [-0.15, -0.1) is 17.5 Å². The number of hydrogen-bond donors (Lipinski definition) is 2. The van der Waals surface area contributed by atoms with Crippen LogP contribution in [0.5, 0.6) is 0 Å². The van der Waals surface area contributed by atoms with Crippen LogP contribution in [0, 0.1) is 11.7 Å². The third kappa shape index (κ3) is 5.53. The summed E-state index contributed by atoms with van der Waals surface area (Å²) in [6.45, 7) is 0.823. The Bertz CT molecular complexity index is 995. The molecule has 1 aromatic carbocycles. The molecule has 1 saturated carbocycles. The molecule has 1 N–H and O–H groups in total. The molecule has 0 bridgehead atoms. The summed E-state index contributed by atoms with van der Waals surface area (Å²) in [7, 11) is 0. The van der Waals surface area contributed by atoms with Crippen molar-refractivity contribution < 1.29 is 19.1 Å². The summed E-state index contributed by atoms with van der Waals surface area (Å²) in [5, 5.41) is 16.7. The number of aliphatic carboxylic acids is 1. The fourth-order valence-electron chi connectivity index (χ4n) is 3.86. The van der Waals surface area contributed by atoms with Gasteiger partial charge in [-0.05, 0) is 37.0 Å². The quantitative estimate of drug-likeness (QED) is 0.610. The van der Waals surface area contributed by atoms with Gasteiger partial charge in [0.2, 0.25) is 0 Å². The van der Waals surface area contributed by atoms with Crippen LogP contribution in [0.3, 0.4) is 0 Å². The number of nitrogens with zero attached hydrogens (tertiary/aromatic N) is 4. The fourth-order valence-corrected chi connectivity index (χ4v) is 4.13. The second kappa shape index (κ2) is 9.93. The van der Waals surface area contributed by atoms with Gasteiger partial charge in [-0.2, -0.15) is 12.6 Å². The van der Waals surface area contributed by atoms with E-state index in [1.54, 1.807) is 24.4 Å². The smallest absolute Gasteiger partial charge is 0.325 e. The summed E-state index contributed by atoms with van der Waals surface area (Å²) in [5.74, 6) is -1.29. The average molecular weight is 467 g/mol. The summed E-state index contributed by atoms with van der Waals surface area (Å²) in [5.41, 5.74) is 1.89. The molecule has 166 valence electrons. The molecule has 0 spiro atoms. The number of aromatic nitrogens is 3. The highest BCUT2D eigenvalue weighted by molar-refractivity contribution is 7.81. The van der Waals surface area contributed by atoms with E-state index in [2.05, 4.69) is 22.9 Å². The van der Waals surface area contributed by atoms with Crippen molar-refractivity contribution in [3.05, 3.63) is 53.1 Å². The van der Waals surface area contributed by atoms with Gasteiger partial charge in [0.15, 0.2) is 5.78 Å². The molecule has 2 heterocycles. The van der Waals surface area contributed by atoms with E-state index in [0.717, 1.165) is 18.4 Å². The Labute approximate surface area is 191 Å². The van der Waals surface area contributed by atoms with E-state index in [9.17, 15) is 14.0 Å². The summed E-state index contributed by atoms with van der Waals surface area (Å²) in [6.07, 6.45) is 5.82. The number of carbonyl (C=O) groups excluding carboxylic acids is 1. The zero-order chi connectivity index (χ0) is 21.3. The maximum Gasteiger partial charge on any atom is 0.325 e. The first-order valence-electron chi connectivity index (χ1n) is 9.95. The number of thiol groups is 1. The highest BCUT2D eigenvalue weighted by atomic mass is 35.5. The first-order valence-corrected chi connectivity index (χ1v) is 10.5. The normalized spacial score (nSPS) is 21.5. The first kappa shape index (κ1) is 23.4. The minimum Gasteiger partial charge on any atom is -0.480 e. The Morgan fingerprint density at radius 3 is 2.71 bits per heavy atom. The van der Waals surface area contributed by atoms with Gasteiger partial charge in [0, 0.05) is 29.8 Å². The summed E-state index contributed by atoms with van der Waals surface area (Å²) in [4.78, 5) is 25.9. The van der Waals surface area contributed by atoms with Crippen molar-refractivity contribution in [1.29, 1.82) is 0 Å². The first-order chi connectivity index (χ1) is 14.4. The lowest BCUT2D eigenvalue weighted by Gasteiger charge is -2.37. The molecule has 1 aromatic heterocycles.